The molecule has 0 aliphatic carbocycles. The van der Waals surface area contributed by atoms with Gasteiger partial charge in [0, 0.05) is 18.0 Å². The van der Waals surface area contributed by atoms with Crippen molar-refractivity contribution in [2.24, 2.45) is 0 Å². The van der Waals surface area contributed by atoms with Crippen LogP contribution < -0.4 is 10.1 Å². The molecule has 98 valence electrons. The predicted molar refractivity (Wildman–Crippen MR) is 76.6 cm³/mol. The summed E-state index contributed by atoms with van der Waals surface area (Å²) < 4.78 is 5.79. The molecule has 2 aliphatic rings. The molecule has 0 radical (unpaired) electrons. The zero-order valence-corrected chi connectivity index (χ0v) is 11.5. The number of hydrogen-bond acceptors (Lipinski definition) is 4. The van der Waals surface area contributed by atoms with Crippen LogP contribution in [0.5, 0.6) is 5.75 Å². The number of rotatable bonds is 2. The van der Waals surface area contributed by atoms with Gasteiger partial charge in [-0.3, -0.25) is 0 Å². The quantitative estimate of drug-likeness (QED) is 0.912. The fourth-order valence-corrected chi connectivity index (χ4v) is 3.95. The van der Waals surface area contributed by atoms with Gasteiger partial charge >= 0.3 is 0 Å². The van der Waals surface area contributed by atoms with E-state index in [1.54, 1.807) is 0 Å². The monoisotopic (exact) mass is 272 g/mol. The standard InChI is InChI=1S/C15H16N2OS/c1-2-6-12-11(5-1)15-13(9-18-12)19-14(17-15)8-10-4-3-7-16-10/h1-2,5-6,10,16H,3-4,7-9H2. The average Bonchev–Trinajstić information content (AvgIpc) is 3.08. The minimum Gasteiger partial charge on any atom is -0.487 e. The van der Waals surface area contributed by atoms with Crippen LogP contribution in [0.4, 0.5) is 0 Å². The third-order valence-corrected chi connectivity index (χ3v) is 4.88. The van der Waals surface area contributed by atoms with Gasteiger partial charge in [0.25, 0.3) is 0 Å². The Bertz CT molecular complexity index is 602. The maximum absolute atomic E-state index is 5.79. The fourth-order valence-electron chi connectivity index (χ4n) is 2.87. The van der Waals surface area contributed by atoms with E-state index in [-0.39, 0.29) is 0 Å². The summed E-state index contributed by atoms with van der Waals surface area (Å²) in [6.45, 7) is 1.82. The van der Waals surface area contributed by atoms with E-state index >= 15 is 0 Å². The number of ether oxygens (including phenoxy) is 1. The van der Waals surface area contributed by atoms with Crippen molar-refractivity contribution >= 4 is 11.3 Å². The molecule has 1 N–H and O–H groups in total. The first-order valence-electron chi connectivity index (χ1n) is 6.84. The molecular weight excluding hydrogens is 256 g/mol. The van der Waals surface area contributed by atoms with Gasteiger partial charge in [0.15, 0.2) is 0 Å². The van der Waals surface area contributed by atoms with Crippen molar-refractivity contribution in [3.05, 3.63) is 34.2 Å². The second kappa shape index (κ2) is 4.62. The molecule has 1 fully saturated rings. The van der Waals surface area contributed by atoms with Crippen LogP contribution in [-0.2, 0) is 13.0 Å². The minimum absolute atomic E-state index is 0.615. The molecule has 0 saturated carbocycles. The lowest BCUT2D eigenvalue weighted by molar-refractivity contribution is 0.305. The minimum atomic E-state index is 0.615. The highest BCUT2D eigenvalue weighted by atomic mass is 32.1. The first-order valence-corrected chi connectivity index (χ1v) is 7.66. The van der Waals surface area contributed by atoms with Crippen molar-refractivity contribution in [2.75, 3.05) is 6.54 Å². The zero-order chi connectivity index (χ0) is 12.7. The fraction of sp³-hybridized carbons (Fsp3) is 0.400. The Morgan fingerprint density at radius 1 is 1.37 bits per heavy atom. The lowest BCUT2D eigenvalue weighted by Crippen LogP contribution is -2.23. The molecule has 0 amide bonds. The molecule has 4 rings (SSSR count). The highest BCUT2D eigenvalue weighted by molar-refractivity contribution is 7.12. The van der Waals surface area contributed by atoms with Crippen LogP contribution in [0.1, 0.15) is 22.7 Å². The Morgan fingerprint density at radius 3 is 3.21 bits per heavy atom. The largest absolute Gasteiger partial charge is 0.487 e. The van der Waals surface area contributed by atoms with Crippen LogP contribution in [0.25, 0.3) is 11.3 Å². The topological polar surface area (TPSA) is 34.1 Å². The lowest BCUT2D eigenvalue weighted by atomic mass is 10.1. The maximum atomic E-state index is 5.79. The SMILES string of the molecule is c1ccc2c(c1)OCc1sc(CC3CCCN3)nc1-2. The van der Waals surface area contributed by atoms with Crippen LogP contribution in [-0.4, -0.2) is 17.6 Å². The molecule has 0 spiro atoms. The molecular formula is C15H16N2OS. The summed E-state index contributed by atoms with van der Waals surface area (Å²) in [4.78, 5) is 6.12. The van der Waals surface area contributed by atoms with Gasteiger partial charge in [-0.25, -0.2) is 4.98 Å². The number of para-hydroxylation sites is 1. The van der Waals surface area contributed by atoms with E-state index in [0.29, 0.717) is 12.6 Å². The van der Waals surface area contributed by atoms with Crippen LogP contribution in [0.15, 0.2) is 24.3 Å². The molecule has 1 unspecified atom stereocenters. The summed E-state index contributed by atoms with van der Waals surface area (Å²) in [6.07, 6.45) is 3.62. The molecule has 2 aliphatic heterocycles. The summed E-state index contributed by atoms with van der Waals surface area (Å²) in [6, 6.07) is 8.80. The molecule has 0 bridgehead atoms. The van der Waals surface area contributed by atoms with Crippen molar-refractivity contribution in [3.8, 4) is 17.0 Å². The molecule has 3 heterocycles. The van der Waals surface area contributed by atoms with Crippen LogP contribution in [0, 0.1) is 0 Å². The number of nitrogens with one attached hydrogen (secondary N) is 1. The van der Waals surface area contributed by atoms with Gasteiger partial charge in [-0.2, -0.15) is 0 Å². The van der Waals surface area contributed by atoms with E-state index in [2.05, 4.69) is 17.4 Å². The van der Waals surface area contributed by atoms with Gasteiger partial charge < -0.3 is 10.1 Å². The van der Waals surface area contributed by atoms with Crippen molar-refractivity contribution in [1.82, 2.24) is 10.3 Å². The van der Waals surface area contributed by atoms with E-state index in [1.165, 1.54) is 22.7 Å². The highest BCUT2D eigenvalue weighted by Gasteiger charge is 2.23. The Morgan fingerprint density at radius 2 is 2.32 bits per heavy atom. The van der Waals surface area contributed by atoms with Crippen LogP contribution in [0.3, 0.4) is 0 Å². The van der Waals surface area contributed by atoms with Gasteiger partial charge in [-0.05, 0) is 31.5 Å². The second-order valence-corrected chi connectivity index (χ2v) is 6.33. The van der Waals surface area contributed by atoms with Crippen LogP contribution >= 0.6 is 11.3 Å². The van der Waals surface area contributed by atoms with E-state index in [0.717, 1.165) is 30.0 Å². The number of fused-ring (bicyclic) bond motifs is 3. The Hall–Kier alpha value is -1.39. The van der Waals surface area contributed by atoms with Crippen molar-refractivity contribution in [2.45, 2.75) is 31.9 Å². The Balaban J connectivity index is 1.66. The number of nitrogens with zero attached hydrogens (tertiary/aromatic N) is 1. The van der Waals surface area contributed by atoms with Gasteiger partial charge in [-0.15, -0.1) is 11.3 Å². The van der Waals surface area contributed by atoms with E-state index < -0.39 is 0 Å². The third kappa shape index (κ3) is 2.05. The van der Waals surface area contributed by atoms with Gasteiger partial charge in [-0.1, -0.05) is 12.1 Å². The van der Waals surface area contributed by atoms with Crippen molar-refractivity contribution in [1.29, 1.82) is 0 Å². The summed E-state index contributed by atoms with van der Waals surface area (Å²) in [5.74, 6) is 0.964. The van der Waals surface area contributed by atoms with Gasteiger partial charge in [0.2, 0.25) is 0 Å². The third-order valence-electron chi connectivity index (χ3n) is 3.83. The Labute approximate surface area is 116 Å². The molecule has 1 saturated heterocycles. The molecule has 1 aromatic heterocycles. The molecule has 19 heavy (non-hydrogen) atoms. The first kappa shape index (κ1) is 11.4. The average molecular weight is 272 g/mol. The Kier molecular flexibility index (Phi) is 2.78. The molecule has 1 aromatic carbocycles. The molecule has 3 nitrogen and oxygen atoms in total. The smallest absolute Gasteiger partial charge is 0.129 e. The summed E-state index contributed by atoms with van der Waals surface area (Å²) in [7, 11) is 0. The molecule has 2 aromatic rings. The van der Waals surface area contributed by atoms with Gasteiger partial charge in [0.1, 0.15) is 12.4 Å². The number of thiazole rings is 1. The number of aromatic nitrogens is 1. The van der Waals surface area contributed by atoms with E-state index in [4.69, 9.17) is 9.72 Å². The van der Waals surface area contributed by atoms with E-state index in [9.17, 15) is 0 Å². The van der Waals surface area contributed by atoms with E-state index in [1.807, 2.05) is 23.5 Å². The van der Waals surface area contributed by atoms with Crippen molar-refractivity contribution in [3.63, 3.8) is 0 Å². The summed E-state index contributed by atoms with van der Waals surface area (Å²) in [5, 5.41) is 4.78. The predicted octanol–water partition coefficient (Wildman–Crippen LogP) is 3.00. The second-order valence-electron chi connectivity index (χ2n) is 5.16. The first-order chi connectivity index (χ1) is 9.40. The van der Waals surface area contributed by atoms with Crippen LogP contribution in [0.2, 0.25) is 0 Å². The normalized spacial score (nSPS) is 20.7. The summed E-state index contributed by atoms with van der Waals surface area (Å²) >= 11 is 1.81. The molecule has 4 heteroatoms. The zero-order valence-electron chi connectivity index (χ0n) is 10.7. The lowest BCUT2D eigenvalue weighted by Gasteiger charge is -2.15. The summed E-state index contributed by atoms with van der Waals surface area (Å²) in [5.41, 5.74) is 2.28. The number of hydrogen-bond donors (Lipinski definition) is 1. The van der Waals surface area contributed by atoms with Gasteiger partial charge in [0.05, 0.1) is 15.6 Å². The van der Waals surface area contributed by atoms with Crippen molar-refractivity contribution < 1.29 is 4.74 Å². The maximum Gasteiger partial charge on any atom is 0.129 e. The number of benzene rings is 1. The highest BCUT2D eigenvalue weighted by Crippen LogP contribution is 2.39. The molecule has 1 atom stereocenters.